The largest absolute Gasteiger partial charge is 0.367 e. The summed E-state index contributed by atoms with van der Waals surface area (Å²) >= 11 is 0. The van der Waals surface area contributed by atoms with Crippen molar-refractivity contribution in [1.82, 2.24) is 15.2 Å². The first-order valence-electron chi connectivity index (χ1n) is 5.15. The lowest BCUT2D eigenvalue weighted by Crippen LogP contribution is -2.11. The topological polar surface area (TPSA) is 67.6 Å². The molecule has 5 heteroatoms. The normalized spacial score (nSPS) is 17.3. The number of H-pyrrole nitrogens is 1. The van der Waals surface area contributed by atoms with Crippen LogP contribution < -0.4 is 5.73 Å². The fraction of sp³-hybridized carbons (Fsp3) is 0.273. The van der Waals surface area contributed by atoms with E-state index in [1.165, 1.54) is 6.07 Å². The van der Waals surface area contributed by atoms with Crippen molar-refractivity contribution in [3.8, 4) is 0 Å². The quantitative estimate of drug-likeness (QED) is 0.804. The molecule has 1 aliphatic carbocycles. The Kier molecular flexibility index (Phi) is 1.77. The van der Waals surface area contributed by atoms with Crippen LogP contribution in [0.2, 0.25) is 0 Å². The summed E-state index contributed by atoms with van der Waals surface area (Å²) in [7, 11) is 0. The van der Waals surface area contributed by atoms with Crippen molar-refractivity contribution in [1.29, 1.82) is 0 Å². The van der Waals surface area contributed by atoms with Crippen molar-refractivity contribution in [3.05, 3.63) is 41.5 Å². The van der Waals surface area contributed by atoms with E-state index in [-0.39, 0.29) is 17.2 Å². The first-order valence-corrected chi connectivity index (χ1v) is 5.15. The Bertz CT molecular complexity index is 530. The minimum atomic E-state index is -0.226. The number of halogens is 1. The number of rotatable bonds is 2. The van der Waals surface area contributed by atoms with Crippen molar-refractivity contribution in [2.24, 2.45) is 0 Å². The van der Waals surface area contributed by atoms with Crippen LogP contribution in [-0.4, -0.2) is 15.2 Å². The van der Waals surface area contributed by atoms with E-state index in [0.29, 0.717) is 0 Å². The lowest BCUT2D eigenvalue weighted by Gasteiger charge is -2.11. The molecule has 3 N–H and O–H groups in total. The van der Waals surface area contributed by atoms with Crippen LogP contribution in [0.3, 0.4) is 0 Å². The molecule has 0 amide bonds. The predicted octanol–water partition coefficient (Wildman–Crippen LogP) is 1.61. The molecule has 1 heterocycles. The van der Waals surface area contributed by atoms with Gasteiger partial charge in [-0.1, -0.05) is 12.1 Å². The van der Waals surface area contributed by atoms with Crippen LogP contribution in [0.15, 0.2) is 24.3 Å². The number of nitrogens with zero attached hydrogens (tertiary/aromatic N) is 2. The van der Waals surface area contributed by atoms with E-state index in [2.05, 4.69) is 15.2 Å². The molecule has 16 heavy (non-hydrogen) atoms. The summed E-state index contributed by atoms with van der Waals surface area (Å²) in [6.07, 6.45) is 1.90. The summed E-state index contributed by atoms with van der Waals surface area (Å²) in [5.74, 6) is 0.740. The standard InChI is InChI=1S/C11H11FN4/c12-8-3-1-2-7(6-8)11(4-5-11)9-14-10(13)16-15-9/h1-3,6H,4-5H2,(H3,13,14,15,16). The smallest absolute Gasteiger partial charge is 0.239 e. The van der Waals surface area contributed by atoms with Gasteiger partial charge in [0.05, 0.1) is 5.41 Å². The van der Waals surface area contributed by atoms with E-state index in [9.17, 15) is 4.39 Å². The van der Waals surface area contributed by atoms with E-state index in [4.69, 9.17) is 5.73 Å². The van der Waals surface area contributed by atoms with Crippen molar-refractivity contribution in [2.75, 3.05) is 5.73 Å². The number of nitrogen functional groups attached to an aromatic ring is 1. The molecular formula is C11H11FN4. The molecule has 1 fully saturated rings. The molecule has 0 radical (unpaired) electrons. The van der Waals surface area contributed by atoms with Gasteiger partial charge < -0.3 is 5.73 Å². The first kappa shape index (κ1) is 9.33. The Morgan fingerprint density at radius 2 is 2.19 bits per heavy atom. The molecule has 2 aromatic rings. The van der Waals surface area contributed by atoms with Crippen molar-refractivity contribution in [3.63, 3.8) is 0 Å². The molecular weight excluding hydrogens is 207 g/mol. The molecule has 0 saturated heterocycles. The van der Waals surface area contributed by atoms with Crippen molar-refractivity contribution < 1.29 is 4.39 Å². The Labute approximate surface area is 91.7 Å². The summed E-state index contributed by atoms with van der Waals surface area (Å²) in [5.41, 5.74) is 6.22. The summed E-state index contributed by atoms with van der Waals surface area (Å²) in [6.45, 7) is 0. The highest BCUT2D eigenvalue weighted by molar-refractivity contribution is 5.40. The van der Waals surface area contributed by atoms with Crippen molar-refractivity contribution in [2.45, 2.75) is 18.3 Å². The van der Waals surface area contributed by atoms with E-state index in [1.54, 1.807) is 12.1 Å². The minimum Gasteiger partial charge on any atom is -0.367 e. The Morgan fingerprint density at radius 3 is 2.75 bits per heavy atom. The van der Waals surface area contributed by atoms with Gasteiger partial charge in [0.2, 0.25) is 5.95 Å². The maximum atomic E-state index is 13.2. The van der Waals surface area contributed by atoms with Gasteiger partial charge in [-0.2, -0.15) is 4.98 Å². The van der Waals surface area contributed by atoms with Gasteiger partial charge in [-0.25, -0.2) is 4.39 Å². The number of nitrogens with one attached hydrogen (secondary N) is 1. The third kappa shape index (κ3) is 1.28. The van der Waals surface area contributed by atoms with E-state index in [0.717, 1.165) is 24.2 Å². The van der Waals surface area contributed by atoms with Gasteiger partial charge in [-0.3, -0.25) is 5.10 Å². The molecule has 0 aliphatic heterocycles. The lowest BCUT2D eigenvalue weighted by molar-refractivity contribution is 0.621. The van der Waals surface area contributed by atoms with Crippen LogP contribution >= 0.6 is 0 Å². The number of hydrogen-bond donors (Lipinski definition) is 2. The lowest BCUT2D eigenvalue weighted by atomic mass is 9.95. The van der Waals surface area contributed by atoms with Gasteiger partial charge in [0, 0.05) is 0 Å². The molecule has 0 atom stereocenters. The second-order valence-electron chi connectivity index (χ2n) is 4.13. The summed E-state index contributed by atoms with van der Waals surface area (Å²) in [4.78, 5) is 4.14. The number of aromatic nitrogens is 3. The molecule has 82 valence electrons. The highest BCUT2D eigenvalue weighted by Crippen LogP contribution is 2.52. The van der Waals surface area contributed by atoms with E-state index < -0.39 is 0 Å². The zero-order valence-corrected chi connectivity index (χ0v) is 8.57. The van der Waals surface area contributed by atoms with Gasteiger partial charge in [-0.15, -0.1) is 5.10 Å². The van der Waals surface area contributed by atoms with Gasteiger partial charge >= 0.3 is 0 Å². The predicted molar refractivity (Wildman–Crippen MR) is 57.2 cm³/mol. The number of benzene rings is 1. The SMILES string of the molecule is Nc1n[nH]c(C2(c3cccc(F)c3)CC2)n1. The average molecular weight is 218 g/mol. The third-order valence-electron chi connectivity index (χ3n) is 3.08. The minimum absolute atomic E-state index is 0.202. The number of nitrogens with two attached hydrogens (primary N) is 1. The zero-order chi connectivity index (χ0) is 11.2. The molecule has 1 aromatic heterocycles. The van der Waals surface area contributed by atoms with Gasteiger partial charge in [-0.05, 0) is 30.5 Å². The summed E-state index contributed by atoms with van der Waals surface area (Å²) < 4.78 is 13.2. The number of anilines is 1. The van der Waals surface area contributed by atoms with Crippen LogP contribution in [0.25, 0.3) is 0 Å². The Hall–Kier alpha value is -1.91. The van der Waals surface area contributed by atoms with Crippen LogP contribution in [0.1, 0.15) is 24.2 Å². The fourth-order valence-corrected chi connectivity index (χ4v) is 2.06. The summed E-state index contributed by atoms with van der Waals surface area (Å²) in [6, 6.07) is 6.61. The molecule has 1 aliphatic rings. The number of hydrogen-bond acceptors (Lipinski definition) is 3. The monoisotopic (exact) mass is 218 g/mol. The maximum Gasteiger partial charge on any atom is 0.239 e. The Balaban J connectivity index is 2.06. The maximum absolute atomic E-state index is 13.2. The van der Waals surface area contributed by atoms with Crippen LogP contribution in [0, 0.1) is 5.82 Å². The molecule has 3 rings (SSSR count). The van der Waals surface area contributed by atoms with Gasteiger partial charge in [0.25, 0.3) is 0 Å². The number of aromatic amines is 1. The highest BCUT2D eigenvalue weighted by atomic mass is 19.1. The molecule has 1 saturated carbocycles. The van der Waals surface area contributed by atoms with Gasteiger partial charge in [0.15, 0.2) is 0 Å². The van der Waals surface area contributed by atoms with Crippen LogP contribution in [-0.2, 0) is 5.41 Å². The Morgan fingerprint density at radius 1 is 1.38 bits per heavy atom. The second-order valence-corrected chi connectivity index (χ2v) is 4.13. The molecule has 0 bridgehead atoms. The highest BCUT2D eigenvalue weighted by Gasteiger charge is 2.48. The molecule has 0 unspecified atom stereocenters. The zero-order valence-electron chi connectivity index (χ0n) is 8.57. The fourth-order valence-electron chi connectivity index (χ4n) is 2.06. The molecule has 4 nitrogen and oxygen atoms in total. The van der Waals surface area contributed by atoms with E-state index in [1.807, 2.05) is 6.07 Å². The van der Waals surface area contributed by atoms with Crippen molar-refractivity contribution >= 4 is 5.95 Å². The summed E-state index contributed by atoms with van der Waals surface area (Å²) in [5, 5.41) is 6.64. The van der Waals surface area contributed by atoms with E-state index >= 15 is 0 Å². The molecule has 0 spiro atoms. The van der Waals surface area contributed by atoms with Crippen LogP contribution in [0.4, 0.5) is 10.3 Å². The second kappa shape index (κ2) is 3.04. The molecule has 1 aromatic carbocycles. The third-order valence-corrected chi connectivity index (χ3v) is 3.08. The average Bonchev–Trinajstić information content (AvgIpc) is 2.97. The first-order chi connectivity index (χ1) is 7.71. The van der Waals surface area contributed by atoms with Crippen LogP contribution in [0.5, 0.6) is 0 Å². The van der Waals surface area contributed by atoms with Gasteiger partial charge in [0.1, 0.15) is 11.6 Å².